The zero-order valence-electron chi connectivity index (χ0n) is 15.9. The first kappa shape index (κ1) is 18.2. The van der Waals surface area contributed by atoms with Gasteiger partial charge in [0.05, 0.1) is 0 Å². The van der Waals surface area contributed by atoms with Crippen molar-refractivity contribution in [2.75, 3.05) is 19.6 Å². The average molecular weight is 389 g/mol. The van der Waals surface area contributed by atoms with Gasteiger partial charge in [0, 0.05) is 54.3 Å². The molecule has 1 amide bonds. The van der Waals surface area contributed by atoms with Crippen molar-refractivity contribution in [3.8, 4) is 0 Å². The molecule has 0 unspecified atom stereocenters. The maximum absolute atomic E-state index is 13.1. The Kier molecular flexibility index (Phi) is 4.97. The van der Waals surface area contributed by atoms with Crippen LogP contribution < -0.4 is 0 Å². The third kappa shape index (κ3) is 3.49. The van der Waals surface area contributed by atoms with Crippen LogP contribution in [-0.2, 0) is 11.3 Å². The quantitative estimate of drug-likeness (QED) is 0.763. The Labute approximate surface area is 164 Å². The van der Waals surface area contributed by atoms with Crippen LogP contribution in [0.25, 0.3) is 0 Å². The van der Waals surface area contributed by atoms with Crippen molar-refractivity contribution in [2.45, 2.75) is 45.7 Å². The summed E-state index contributed by atoms with van der Waals surface area (Å²) in [5.41, 5.74) is 1.12. The van der Waals surface area contributed by atoms with Crippen LogP contribution in [0.4, 0.5) is 0 Å². The second kappa shape index (κ2) is 7.10. The van der Waals surface area contributed by atoms with Crippen LogP contribution in [0.2, 0.25) is 0 Å². The SMILES string of the molecule is CC(C)(C)C(=O)N1C[C@H](c2ccsc2)[C@H]2CN(Cc3cccs3)CC[C@H]21. The van der Waals surface area contributed by atoms with E-state index >= 15 is 0 Å². The van der Waals surface area contributed by atoms with E-state index in [0.29, 0.717) is 23.8 Å². The van der Waals surface area contributed by atoms with Crippen LogP contribution in [0.3, 0.4) is 0 Å². The van der Waals surface area contributed by atoms with E-state index in [4.69, 9.17) is 0 Å². The van der Waals surface area contributed by atoms with Gasteiger partial charge in [0.25, 0.3) is 0 Å². The fraction of sp³-hybridized carbons (Fsp3) is 0.571. The van der Waals surface area contributed by atoms with Crippen LogP contribution in [0.1, 0.15) is 43.6 Å². The molecule has 0 spiro atoms. The number of nitrogens with zero attached hydrogens (tertiary/aromatic N) is 2. The maximum Gasteiger partial charge on any atom is 0.228 e. The molecule has 0 aromatic carbocycles. The Hall–Kier alpha value is -1.17. The number of hydrogen-bond acceptors (Lipinski definition) is 4. The van der Waals surface area contributed by atoms with Crippen LogP contribution >= 0.6 is 22.7 Å². The summed E-state index contributed by atoms with van der Waals surface area (Å²) in [5.74, 6) is 1.34. The smallest absolute Gasteiger partial charge is 0.228 e. The summed E-state index contributed by atoms with van der Waals surface area (Å²) in [6, 6.07) is 7.03. The highest BCUT2D eigenvalue weighted by Crippen LogP contribution is 2.43. The van der Waals surface area contributed by atoms with Crippen molar-refractivity contribution in [1.82, 2.24) is 9.80 Å². The van der Waals surface area contributed by atoms with Crippen LogP contribution in [0.15, 0.2) is 34.3 Å². The molecule has 3 atom stereocenters. The molecule has 2 fully saturated rings. The van der Waals surface area contributed by atoms with Gasteiger partial charge in [-0.3, -0.25) is 9.69 Å². The number of carbonyl (C=O) groups is 1. The number of hydrogen-bond donors (Lipinski definition) is 0. The lowest BCUT2D eigenvalue weighted by Gasteiger charge is -2.40. The molecular formula is C21H28N2OS2. The Bertz CT molecular complexity index is 733. The Morgan fingerprint density at radius 1 is 1.23 bits per heavy atom. The molecule has 26 heavy (non-hydrogen) atoms. The van der Waals surface area contributed by atoms with Gasteiger partial charge in [-0.1, -0.05) is 26.8 Å². The molecule has 2 aliphatic heterocycles. The first-order chi connectivity index (χ1) is 12.4. The molecule has 2 aromatic rings. The van der Waals surface area contributed by atoms with Gasteiger partial charge >= 0.3 is 0 Å². The predicted octanol–water partition coefficient (Wildman–Crippen LogP) is 4.67. The fourth-order valence-corrected chi connectivity index (χ4v) is 6.05. The minimum Gasteiger partial charge on any atom is -0.338 e. The van der Waals surface area contributed by atoms with Crippen molar-refractivity contribution in [1.29, 1.82) is 0 Å². The summed E-state index contributed by atoms with van der Waals surface area (Å²) < 4.78 is 0. The highest BCUT2D eigenvalue weighted by Gasteiger charge is 2.48. The largest absolute Gasteiger partial charge is 0.338 e. The van der Waals surface area contributed by atoms with E-state index in [0.717, 1.165) is 32.6 Å². The summed E-state index contributed by atoms with van der Waals surface area (Å²) >= 11 is 3.61. The van der Waals surface area contributed by atoms with E-state index in [-0.39, 0.29) is 5.41 Å². The van der Waals surface area contributed by atoms with Gasteiger partial charge in [0.1, 0.15) is 0 Å². The normalized spacial score (nSPS) is 26.9. The lowest BCUT2D eigenvalue weighted by atomic mass is 9.82. The number of thiophene rings is 2. The zero-order chi connectivity index (χ0) is 18.3. The van der Waals surface area contributed by atoms with Crippen molar-refractivity contribution in [2.24, 2.45) is 11.3 Å². The highest BCUT2D eigenvalue weighted by molar-refractivity contribution is 7.09. The second-order valence-electron chi connectivity index (χ2n) is 8.71. The molecule has 4 heterocycles. The van der Waals surface area contributed by atoms with Crippen LogP contribution in [-0.4, -0.2) is 41.4 Å². The summed E-state index contributed by atoms with van der Waals surface area (Å²) in [7, 11) is 0. The zero-order valence-corrected chi connectivity index (χ0v) is 17.5. The highest BCUT2D eigenvalue weighted by atomic mass is 32.1. The van der Waals surface area contributed by atoms with E-state index < -0.39 is 0 Å². The minimum absolute atomic E-state index is 0.303. The molecule has 3 nitrogen and oxygen atoms in total. The van der Waals surface area contributed by atoms with E-state index in [2.05, 4.69) is 44.1 Å². The summed E-state index contributed by atoms with van der Waals surface area (Å²) in [4.78, 5) is 19.3. The van der Waals surface area contributed by atoms with E-state index in [1.54, 1.807) is 11.3 Å². The Morgan fingerprint density at radius 2 is 2.08 bits per heavy atom. The molecule has 140 valence electrons. The minimum atomic E-state index is -0.303. The van der Waals surface area contributed by atoms with Crippen molar-refractivity contribution < 1.29 is 4.79 Å². The molecule has 0 bridgehead atoms. The first-order valence-corrected chi connectivity index (χ1v) is 11.3. The second-order valence-corrected chi connectivity index (χ2v) is 10.5. The van der Waals surface area contributed by atoms with Crippen molar-refractivity contribution >= 4 is 28.6 Å². The molecule has 2 saturated heterocycles. The van der Waals surface area contributed by atoms with Crippen LogP contribution in [0.5, 0.6) is 0 Å². The fourth-order valence-electron chi connectivity index (χ4n) is 4.57. The topological polar surface area (TPSA) is 23.6 Å². The summed E-state index contributed by atoms with van der Waals surface area (Å²) in [6.07, 6.45) is 1.10. The number of amides is 1. The lowest BCUT2D eigenvalue weighted by molar-refractivity contribution is -0.141. The van der Waals surface area contributed by atoms with Crippen molar-refractivity contribution in [3.05, 3.63) is 44.8 Å². The molecule has 0 N–H and O–H groups in total. The van der Waals surface area contributed by atoms with Crippen LogP contribution in [0, 0.1) is 11.3 Å². The molecule has 0 saturated carbocycles. The Balaban J connectivity index is 1.56. The van der Waals surface area contributed by atoms with Gasteiger partial charge in [-0.2, -0.15) is 11.3 Å². The van der Waals surface area contributed by atoms with Gasteiger partial charge in [0.15, 0.2) is 0 Å². The lowest BCUT2D eigenvalue weighted by Crippen LogP contribution is -2.49. The first-order valence-electron chi connectivity index (χ1n) is 9.51. The Morgan fingerprint density at radius 3 is 2.73 bits per heavy atom. The number of carbonyl (C=O) groups excluding carboxylic acids is 1. The monoisotopic (exact) mass is 388 g/mol. The number of likely N-dealkylation sites (tertiary alicyclic amines) is 2. The van der Waals surface area contributed by atoms with E-state index in [1.165, 1.54) is 10.4 Å². The molecule has 2 aromatic heterocycles. The molecule has 0 aliphatic carbocycles. The molecular weight excluding hydrogens is 360 g/mol. The number of fused-ring (bicyclic) bond motifs is 1. The van der Waals surface area contributed by atoms with Gasteiger partial charge in [0.2, 0.25) is 5.91 Å². The third-order valence-corrected chi connectivity index (χ3v) is 7.41. The molecule has 2 aliphatic rings. The molecule has 5 heteroatoms. The molecule has 0 radical (unpaired) electrons. The standard InChI is InChI=1S/C21H28N2OS2/c1-21(2,3)20(24)23-13-17(15-7-10-25-14-15)18-12-22(8-6-19(18)23)11-16-5-4-9-26-16/h4-5,7,9-10,14,17-19H,6,8,11-13H2,1-3H3/t17-,18-,19-/m1/s1. The average Bonchev–Trinajstić information content (AvgIpc) is 3.33. The van der Waals surface area contributed by atoms with Gasteiger partial charge in [-0.15, -0.1) is 11.3 Å². The van der Waals surface area contributed by atoms with Crippen molar-refractivity contribution in [3.63, 3.8) is 0 Å². The summed E-state index contributed by atoms with van der Waals surface area (Å²) in [5, 5.41) is 6.62. The van der Waals surface area contributed by atoms with E-state index in [1.807, 2.05) is 32.1 Å². The predicted molar refractivity (Wildman–Crippen MR) is 110 cm³/mol. The maximum atomic E-state index is 13.1. The third-order valence-electron chi connectivity index (χ3n) is 5.85. The van der Waals surface area contributed by atoms with E-state index in [9.17, 15) is 4.79 Å². The van der Waals surface area contributed by atoms with Gasteiger partial charge in [-0.25, -0.2) is 0 Å². The van der Waals surface area contributed by atoms with Gasteiger partial charge in [-0.05, 0) is 40.3 Å². The number of rotatable bonds is 3. The molecule has 4 rings (SSSR count). The number of piperidine rings is 1. The van der Waals surface area contributed by atoms with Gasteiger partial charge < -0.3 is 4.90 Å². The summed E-state index contributed by atoms with van der Waals surface area (Å²) in [6.45, 7) is 10.3.